The number of thioether (sulfide) groups is 1. The number of rotatable bonds is 4. The largest absolute Gasteiger partial charge is 0.456 e. The molecule has 0 radical (unpaired) electrons. The topological polar surface area (TPSA) is 110 Å². The number of nitrogens with one attached hydrogen (secondary N) is 1. The number of aromatic nitrogens is 1. The van der Waals surface area contributed by atoms with Gasteiger partial charge in [0.05, 0.1) is 15.0 Å². The van der Waals surface area contributed by atoms with Gasteiger partial charge < -0.3 is 4.42 Å². The fourth-order valence-corrected chi connectivity index (χ4v) is 5.66. The van der Waals surface area contributed by atoms with Gasteiger partial charge in [0.25, 0.3) is 11.1 Å². The van der Waals surface area contributed by atoms with Gasteiger partial charge in [-0.05, 0) is 35.5 Å². The van der Waals surface area contributed by atoms with E-state index in [1.807, 2.05) is 0 Å². The molecule has 1 aliphatic rings. The monoisotopic (exact) mass is 497 g/mol. The zero-order valence-electron chi connectivity index (χ0n) is 16.0. The summed E-state index contributed by atoms with van der Waals surface area (Å²) < 4.78 is 31.9. The summed E-state index contributed by atoms with van der Waals surface area (Å²) in [6.45, 7) is 0. The third-order valence-corrected chi connectivity index (χ3v) is 7.95. The van der Waals surface area contributed by atoms with Crippen LogP contribution in [0.3, 0.4) is 0 Å². The molecule has 0 bridgehead atoms. The standard InChI is InChI=1S/C19H13Cl2N3O5S2/c1-24(2)31(27,28)17-13(20)4-9(5-14(17)21)12-8-22-7-10-3-11(29-16(10)12)6-15-18(25)23-19(26)30-15/h3-8H,1-2H3,(H,23,25,26)/b15-6-. The van der Waals surface area contributed by atoms with Crippen LogP contribution in [0.1, 0.15) is 5.76 Å². The summed E-state index contributed by atoms with van der Waals surface area (Å²) in [5.41, 5.74) is 1.47. The Balaban J connectivity index is 1.82. The Morgan fingerprint density at radius 3 is 2.39 bits per heavy atom. The molecule has 4 rings (SSSR count). The molecule has 2 amide bonds. The van der Waals surface area contributed by atoms with E-state index in [-0.39, 0.29) is 19.8 Å². The number of sulfonamides is 1. The SMILES string of the molecule is CN(C)S(=O)(=O)c1c(Cl)cc(-c2cncc3cc(/C=C4\SC(=O)NC4=O)oc23)cc1Cl. The van der Waals surface area contributed by atoms with Gasteiger partial charge in [0, 0.05) is 43.5 Å². The maximum Gasteiger partial charge on any atom is 0.290 e. The van der Waals surface area contributed by atoms with E-state index >= 15 is 0 Å². The summed E-state index contributed by atoms with van der Waals surface area (Å²) in [5, 5.41) is 2.28. The van der Waals surface area contributed by atoms with E-state index in [9.17, 15) is 18.0 Å². The van der Waals surface area contributed by atoms with Crippen molar-refractivity contribution in [1.82, 2.24) is 14.6 Å². The molecule has 1 aliphatic heterocycles. The van der Waals surface area contributed by atoms with Crippen LogP contribution in [0.4, 0.5) is 4.79 Å². The molecule has 3 aromatic rings. The van der Waals surface area contributed by atoms with E-state index in [0.717, 1.165) is 16.1 Å². The van der Waals surface area contributed by atoms with Crippen LogP contribution in [-0.4, -0.2) is 42.9 Å². The van der Waals surface area contributed by atoms with Crippen molar-refractivity contribution < 1.29 is 22.4 Å². The molecule has 160 valence electrons. The molecule has 0 spiro atoms. The average Bonchev–Trinajstić information content (AvgIpc) is 3.22. The van der Waals surface area contributed by atoms with Gasteiger partial charge in [0.2, 0.25) is 10.0 Å². The highest BCUT2D eigenvalue weighted by Gasteiger charge is 2.27. The van der Waals surface area contributed by atoms with E-state index in [2.05, 4.69) is 10.3 Å². The highest BCUT2D eigenvalue weighted by atomic mass is 35.5. The number of imide groups is 1. The van der Waals surface area contributed by atoms with E-state index in [4.69, 9.17) is 27.6 Å². The molecule has 1 fully saturated rings. The molecule has 3 heterocycles. The van der Waals surface area contributed by atoms with Crippen molar-refractivity contribution in [1.29, 1.82) is 0 Å². The predicted octanol–water partition coefficient (Wildman–Crippen LogP) is 4.38. The van der Waals surface area contributed by atoms with Crippen LogP contribution in [0.2, 0.25) is 10.0 Å². The van der Waals surface area contributed by atoms with Crippen LogP contribution < -0.4 is 5.32 Å². The van der Waals surface area contributed by atoms with Crippen LogP contribution in [0, 0.1) is 0 Å². The van der Waals surface area contributed by atoms with Gasteiger partial charge in [-0.25, -0.2) is 12.7 Å². The third-order valence-electron chi connectivity index (χ3n) is 4.41. The minimum Gasteiger partial charge on any atom is -0.456 e. The molecule has 2 aromatic heterocycles. The van der Waals surface area contributed by atoms with Crippen LogP contribution in [0.15, 0.2) is 44.8 Å². The number of hydrogen-bond acceptors (Lipinski definition) is 7. The maximum atomic E-state index is 12.5. The van der Waals surface area contributed by atoms with Crippen molar-refractivity contribution in [2.75, 3.05) is 14.1 Å². The van der Waals surface area contributed by atoms with Crippen LogP contribution in [0.5, 0.6) is 0 Å². The molecule has 0 unspecified atom stereocenters. The Labute approximate surface area is 191 Å². The van der Waals surface area contributed by atoms with E-state index in [1.54, 1.807) is 12.3 Å². The fraction of sp³-hybridized carbons (Fsp3) is 0.105. The summed E-state index contributed by atoms with van der Waals surface area (Å²) in [5.74, 6) is -0.148. The maximum absolute atomic E-state index is 12.5. The quantitative estimate of drug-likeness (QED) is 0.532. The van der Waals surface area contributed by atoms with Crippen molar-refractivity contribution in [3.8, 4) is 11.1 Å². The molecule has 1 saturated heterocycles. The van der Waals surface area contributed by atoms with Gasteiger partial charge in [-0.2, -0.15) is 0 Å². The Morgan fingerprint density at radius 2 is 1.81 bits per heavy atom. The second-order valence-corrected chi connectivity index (χ2v) is 10.6. The highest BCUT2D eigenvalue weighted by Crippen LogP contribution is 2.38. The number of pyridine rings is 1. The third kappa shape index (κ3) is 3.97. The minimum atomic E-state index is -3.84. The number of hydrogen-bond donors (Lipinski definition) is 1. The second-order valence-electron chi connectivity index (χ2n) is 6.66. The summed E-state index contributed by atoms with van der Waals surface area (Å²) in [4.78, 5) is 27.3. The van der Waals surface area contributed by atoms with Crippen LogP contribution in [-0.2, 0) is 14.8 Å². The normalized spacial score (nSPS) is 16.0. The first-order valence-corrected chi connectivity index (χ1v) is 11.6. The van der Waals surface area contributed by atoms with Gasteiger partial charge in [-0.3, -0.25) is 19.9 Å². The molecule has 1 N–H and O–H groups in total. The Kier molecular flexibility index (Phi) is 5.61. The molecule has 31 heavy (non-hydrogen) atoms. The fourth-order valence-electron chi connectivity index (χ4n) is 2.95. The van der Waals surface area contributed by atoms with E-state index < -0.39 is 21.2 Å². The summed E-state index contributed by atoms with van der Waals surface area (Å²) in [7, 11) is -1.07. The number of amides is 2. The van der Waals surface area contributed by atoms with E-state index in [1.165, 1.54) is 38.5 Å². The first-order chi connectivity index (χ1) is 14.6. The van der Waals surface area contributed by atoms with Gasteiger partial charge >= 0.3 is 0 Å². The summed E-state index contributed by atoms with van der Waals surface area (Å²) in [6, 6.07) is 4.61. The van der Waals surface area contributed by atoms with Crippen LogP contribution >= 0.6 is 35.0 Å². The summed E-state index contributed by atoms with van der Waals surface area (Å²) >= 11 is 13.3. The molecule has 1 aromatic carbocycles. The molecular formula is C19H13Cl2N3O5S2. The summed E-state index contributed by atoms with van der Waals surface area (Å²) in [6.07, 6.45) is 4.57. The van der Waals surface area contributed by atoms with Gasteiger partial charge in [-0.1, -0.05) is 23.2 Å². The van der Waals surface area contributed by atoms with Crippen molar-refractivity contribution in [2.24, 2.45) is 0 Å². The number of nitrogens with zero attached hydrogens (tertiary/aromatic N) is 2. The molecule has 0 aliphatic carbocycles. The molecular weight excluding hydrogens is 485 g/mol. The smallest absolute Gasteiger partial charge is 0.290 e. The van der Waals surface area contributed by atoms with Gasteiger partial charge in [0.1, 0.15) is 16.2 Å². The highest BCUT2D eigenvalue weighted by molar-refractivity contribution is 8.18. The Bertz CT molecular complexity index is 1370. The molecule has 12 heteroatoms. The lowest BCUT2D eigenvalue weighted by Crippen LogP contribution is -2.23. The first-order valence-electron chi connectivity index (χ1n) is 8.62. The Hall–Kier alpha value is -2.37. The number of benzene rings is 1. The van der Waals surface area contributed by atoms with Crippen LogP contribution in [0.25, 0.3) is 28.2 Å². The number of fused-ring (bicyclic) bond motifs is 1. The van der Waals surface area contributed by atoms with Crippen molar-refractivity contribution >= 4 is 73.2 Å². The second kappa shape index (κ2) is 7.95. The molecule has 0 saturated carbocycles. The number of carbonyl (C=O) groups is 2. The lowest BCUT2D eigenvalue weighted by Gasteiger charge is -2.15. The van der Waals surface area contributed by atoms with Crippen molar-refractivity contribution in [2.45, 2.75) is 4.90 Å². The van der Waals surface area contributed by atoms with E-state index in [0.29, 0.717) is 27.9 Å². The zero-order valence-corrected chi connectivity index (χ0v) is 19.1. The van der Waals surface area contributed by atoms with Crippen molar-refractivity contribution in [3.63, 3.8) is 0 Å². The van der Waals surface area contributed by atoms with Gasteiger partial charge in [-0.15, -0.1) is 0 Å². The molecule has 0 atom stereocenters. The lowest BCUT2D eigenvalue weighted by molar-refractivity contribution is -0.115. The van der Waals surface area contributed by atoms with Gasteiger partial charge in [0.15, 0.2) is 0 Å². The Morgan fingerprint density at radius 1 is 1.13 bits per heavy atom. The average molecular weight is 498 g/mol. The predicted molar refractivity (Wildman–Crippen MR) is 119 cm³/mol. The van der Waals surface area contributed by atoms with Crippen molar-refractivity contribution in [3.05, 3.63) is 51.3 Å². The zero-order chi connectivity index (χ0) is 22.5. The lowest BCUT2D eigenvalue weighted by atomic mass is 10.1. The number of halogens is 2. The number of furan rings is 1. The molecule has 8 nitrogen and oxygen atoms in total. The first kappa shape index (κ1) is 21.8. The minimum absolute atomic E-state index is 0.0420. The number of carbonyl (C=O) groups excluding carboxylic acids is 2.